The lowest BCUT2D eigenvalue weighted by molar-refractivity contribution is -0.325. The van der Waals surface area contributed by atoms with Crippen LogP contribution in [0.25, 0.3) is 0 Å². The molecule has 176 valence electrons. The van der Waals surface area contributed by atoms with Gasteiger partial charge in [-0.3, -0.25) is 9.53 Å². The van der Waals surface area contributed by atoms with E-state index in [1.54, 1.807) is 0 Å². The third-order valence-electron chi connectivity index (χ3n) is 4.34. The molecule has 3 rings (SSSR count). The molecule has 32 heavy (non-hydrogen) atoms. The first kappa shape index (κ1) is 24.0. The Hall–Kier alpha value is -2.64. The van der Waals surface area contributed by atoms with E-state index >= 15 is 0 Å². The second-order valence-corrected chi connectivity index (χ2v) is 7.12. The lowest BCUT2D eigenvalue weighted by atomic mass is 10.0. The maximum Gasteiger partial charge on any atom is 0.522 e. The van der Waals surface area contributed by atoms with Gasteiger partial charge in [0.2, 0.25) is 5.89 Å². The zero-order valence-electron chi connectivity index (χ0n) is 16.5. The van der Waals surface area contributed by atoms with Gasteiger partial charge in [0.25, 0.3) is 5.91 Å². The average molecular weight is 483 g/mol. The fraction of sp³-hybridized carbons (Fsp3) is 0.500. The summed E-state index contributed by atoms with van der Waals surface area (Å²) in [7, 11) is 0. The van der Waals surface area contributed by atoms with Crippen molar-refractivity contribution in [3.8, 4) is 11.8 Å². The minimum Gasteiger partial charge on any atom is -0.484 e. The maximum absolute atomic E-state index is 13.4. The Kier molecular flexibility index (Phi) is 8.10. The molecule has 1 aromatic heterocycles. The number of alkyl halides is 3. The third kappa shape index (κ3) is 7.50. The van der Waals surface area contributed by atoms with E-state index in [1.807, 2.05) is 0 Å². The molecule has 0 bridgehead atoms. The predicted octanol–water partition coefficient (Wildman–Crippen LogP) is 2.77. The number of ether oxygens (including phenoxy) is 3. The number of hydrogen-bond acceptors (Lipinski definition) is 8. The van der Waals surface area contributed by atoms with Crippen LogP contribution in [0.5, 0.6) is 11.8 Å². The number of rotatable bonds is 9. The van der Waals surface area contributed by atoms with E-state index in [4.69, 9.17) is 25.5 Å². The second kappa shape index (κ2) is 10.8. The van der Waals surface area contributed by atoms with Crippen molar-refractivity contribution in [1.82, 2.24) is 20.8 Å². The molecule has 9 nitrogen and oxygen atoms in total. The molecule has 0 unspecified atom stereocenters. The highest BCUT2D eigenvalue weighted by Gasteiger charge is 2.29. The van der Waals surface area contributed by atoms with Crippen molar-refractivity contribution >= 4 is 17.5 Å². The number of nitrogens with one attached hydrogen (secondary N) is 2. The van der Waals surface area contributed by atoms with E-state index < -0.39 is 25.4 Å². The van der Waals surface area contributed by atoms with Crippen LogP contribution in [-0.2, 0) is 9.53 Å². The van der Waals surface area contributed by atoms with Crippen LogP contribution in [0.15, 0.2) is 22.6 Å². The summed E-state index contributed by atoms with van der Waals surface area (Å²) in [6.45, 7) is -0.994. The fourth-order valence-electron chi connectivity index (χ4n) is 2.88. The first-order valence-electron chi connectivity index (χ1n) is 9.47. The monoisotopic (exact) mass is 482 g/mol. The first-order chi connectivity index (χ1) is 15.2. The van der Waals surface area contributed by atoms with Crippen molar-refractivity contribution in [2.75, 3.05) is 26.4 Å². The molecule has 0 aliphatic carbocycles. The minimum atomic E-state index is -4.73. The molecular weight excluding hydrogens is 464 g/mol. The molecular formula is C18H19ClF4N4O5. The average Bonchev–Trinajstić information content (AvgIpc) is 3.21. The van der Waals surface area contributed by atoms with Gasteiger partial charge in [0, 0.05) is 18.7 Å². The van der Waals surface area contributed by atoms with Crippen molar-refractivity contribution < 1.29 is 41.0 Å². The van der Waals surface area contributed by atoms with Gasteiger partial charge >= 0.3 is 12.4 Å². The van der Waals surface area contributed by atoms with Gasteiger partial charge in [-0.15, -0.1) is 18.3 Å². The molecule has 1 aliphatic rings. The lowest BCUT2D eigenvalue weighted by Gasteiger charge is -2.28. The molecule has 1 saturated heterocycles. The molecule has 1 amide bonds. The summed E-state index contributed by atoms with van der Waals surface area (Å²) in [5.41, 5.74) is 0. The van der Waals surface area contributed by atoms with Gasteiger partial charge in [-0.05, 0) is 25.0 Å². The number of amides is 1. The highest BCUT2D eigenvalue weighted by molar-refractivity contribution is 6.30. The quantitative estimate of drug-likeness (QED) is 0.415. The fourth-order valence-corrected chi connectivity index (χ4v) is 3.00. The highest BCUT2D eigenvalue weighted by atomic mass is 35.5. The second-order valence-electron chi connectivity index (χ2n) is 6.72. The number of halogens is 5. The number of hydrogen-bond donors (Lipinski definition) is 2. The van der Waals surface area contributed by atoms with Crippen LogP contribution in [0.3, 0.4) is 0 Å². The Morgan fingerprint density at radius 3 is 2.75 bits per heavy atom. The molecule has 2 aromatic rings. The van der Waals surface area contributed by atoms with Crippen LogP contribution < -0.4 is 20.1 Å². The normalized spacial score (nSPS) is 18.9. The molecule has 0 saturated carbocycles. The standard InChI is InChI=1S/C18H19ClF4N4O5/c19-12-3-2-11(7-13(12)20)30-9-15(28)25-10-1-4-14(24-8-10)16-26-27-17(32-16)29-5-6-31-18(21,22)23/h2-3,7,10,14,24H,1,4-6,8-9H2,(H,25,28)/t10-,14+/m0/s1. The van der Waals surface area contributed by atoms with Crippen molar-refractivity contribution in [3.63, 3.8) is 0 Å². The molecule has 2 atom stereocenters. The van der Waals surface area contributed by atoms with Crippen LogP contribution in [-0.4, -0.2) is 54.9 Å². The van der Waals surface area contributed by atoms with Crippen molar-refractivity contribution in [1.29, 1.82) is 0 Å². The zero-order chi connectivity index (χ0) is 23.1. The molecule has 2 heterocycles. The smallest absolute Gasteiger partial charge is 0.484 e. The summed E-state index contributed by atoms with van der Waals surface area (Å²) < 4.78 is 68.1. The van der Waals surface area contributed by atoms with Crippen LogP contribution in [0.4, 0.5) is 17.6 Å². The van der Waals surface area contributed by atoms with Gasteiger partial charge in [0.1, 0.15) is 18.2 Å². The predicted molar refractivity (Wildman–Crippen MR) is 101 cm³/mol. The topological polar surface area (TPSA) is 108 Å². The van der Waals surface area contributed by atoms with Gasteiger partial charge in [-0.25, -0.2) is 4.39 Å². The van der Waals surface area contributed by atoms with Crippen molar-refractivity contribution in [2.24, 2.45) is 0 Å². The largest absolute Gasteiger partial charge is 0.522 e. The van der Waals surface area contributed by atoms with Crippen LogP contribution >= 0.6 is 11.6 Å². The summed E-state index contributed by atoms with van der Waals surface area (Å²) in [5, 5.41) is 13.3. The van der Waals surface area contributed by atoms with Gasteiger partial charge in [-0.1, -0.05) is 16.7 Å². The number of carbonyl (C=O) groups is 1. The molecule has 1 aromatic carbocycles. The summed E-state index contributed by atoms with van der Waals surface area (Å²) >= 11 is 5.59. The number of benzene rings is 1. The van der Waals surface area contributed by atoms with Crippen molar-refractivity contribution in [2.45, 2.75) is 31.3 Å². The summed E-state index contributed by atoms with van der Waals surface area (Å²) in [4.78, 5) is 12.1. The Morgan fingerprint density at radius 2 is 2.06 bits per heavy atom. The van der Waals surface area contributed by atoms with E-state index in [0.717, 1.165) is 6.07 Å². The van der Waals surface area contributed by atoms with Crippen LogP contribution in [0, 0.1) is 5.82 Å². The Bertz CT molecular complexity index is 906. The summed E-state index contributed by atoms with van der Waals surface area (Å²) in [6, 6.07) is 3.40. The Labute approximate surface area is 184 Å². The number of piperidine rings is 1. The van der Waals surface area contributed by atoms with E-state index in [9.17, 15) is 22.4 Å². The van der Waals surface area contributed by atoms with Gasteiger partial charge in [-0.2, -0.15) is 0 Å². The van der Waals surface area contributed by atoms with E-state index in [0.29, 0.717) is 19.4 Å². The van der Waals surface area contributed by atoms with E-state index in [-0.39, 0.29) is 47.3 Å². The molecule has 1 aliphatic heterocycles. The van der Waals surface area contributed by atoms with E-state index in [1.165, 1.54) is 12.1 Å². The molecule has 0 spiro atoms. The molecule has 1 fully saturated rings. The first-order valence-corrected chi connectivity index (χ1v) is 9.85. The molecule has 14 heteroatoms. The number of aromatic nitrogens is 2. The van der Waals surface area contributed by atoms with Gasteiger partial charge < -0.3 is 24.5 Å². The van der Waals surface area contributed by atoms with Crippen LogP contribution in [0.2, 0.25) is 5.02 Å². The maximum atomic E-state index is 13.4. The minimum absolute atomic E-state index is 0.0416. The van der Waals surface area contributed by atoms with Crippen molar-refractivity contribution in [3.05, 3.63) is 34.9 Å². The van der Waals surface area contributed by atoms with E-state index in [2.05, 4.69) is 25.6 Å². The summed E-state index contributed by atoms with van der Waals surface area (Å²) in [5.74, 6) is -0.616. The van der Waals surface area contributed by atoms with Crippen LogP contribution in [0.1, 0.15) is 24.8 Å². The van der Waals surface area contributed by atoms with Gasteiger partial charge in [0.05, 0.1) is 17.7 Å². The number of nitrogens with zero attached hydrogens (tertiary/aromatic N) is 2. The highest BCUT2D eigenvalue weighted by Crippen LogP contribution is 2.24. The molecule has 0 radical (unpaired) electrons. The van der Waals surface area contributed by atoms with Gasteiger partial charge in [0.15, 0.2) is 6.61 Å². The Morgan fingerprint density at radius 1 is 1.25 bits per heavy atom. The number of carbonyl (C=O) groups excluding carboxylic acids is 1. The summed E-state index contributed by atoms with van der Waals surface area (Å²) in [6.07, 6.45) is -3.86. The zero-order valence-corrected chi connectivity index (χ0v) is 17.2. The molecule has 2 N–H and O–H groups in total. The SMILES string of the molecule is O=C(COc1ccc(Cl)c(F)c1)N[C@H]1CC[C@H](c2nnc(OCCOC(F)(F)F)o2)NC1. The lowest BCUT2D eigenvalue weighted by Crippen LogP contribution is -2.48. The Balaban J connectivity index is 1.36. The third-order valence-corrected chi connectivity index (χ3v) is 4.64.